The van der Waals surface area contributed by atoms with Crippen molar-refractivity contribution < 1.29 is 4.79 Å². The van der Waals surface area contributed by atoms with Crippen LogP contribution in [-0.4, -0.2) is 5.78 Å². The Labute approximate surface area is 74.5 Å². The third-order valence-corrected chi connectivity index (χ3v) is 2.68. The van der Waals surface area contributed by atoms with Crippen molar-refractivity contribution in [2.45, 2.75) is 39.0 Å². The molecular formula is C11H16O. The van der Waals surface area contributed by atoms with Crippen LogP contribution >= 0.6 is 0 Å². The van der Waals surface area contributed by atoms with Crippen molar-refractivity contribution in [2.75, 3.05) is 0 Å². The highest BCUT2D eigenvalue weighted by atomic mass is 16.1. The molecule has 1 heteroatoms. The molecule has 1 saturated carbocycles. The summed E-state index contributed by atoms with van der Waals surface area (Å²) in [5.74, 6) is 3.94. The SMILES string of the molecule is C#CC1CC(=O)CCC1CCC. The van der Waals surface area contributed by atoms with Gasteiger partial charge in [0.1, 0.15) is 5.78 Å². The van der Waals surface area contributed by atoms with E-state index in [0.717, 1.165) is 12.8 Å². The van der Waals surface area contributed by atoms with Gasteiger partial charge >= 0.3 is 0 Å². The molecule has 2 unspecified atom stereocenters. The predicted molar refractivity (Wildman–Crippen MR) is 49.6 cm³/mol. The Kier molecular flexibility index (Phi) is 3.34. The lowest BCUT2D eigenvalue weighted by atomic mass is 9.77. The molecule has 1 aliphatic rings. The van der Waals surface area contributed by atoms with Gasteiger partial charge in [0.15, 0.2) is 0 Å². The molecule has 66 valence electrons. The molecule has 0 spiro atoms. The summed E-state index contributed by atoms with van der Waals surface area (Å²) in [6, 6.07) is 0. The molecular weight excluding hydrogens is 148 g/mol. The molecule has 12 heavy (non-hydrogen) atoms. The average molecular weight is 164 g/mol. The van der Waals surface area contributed by atoms with E-state index in [0.29, 0.717) is 18.1 Å². The minimum Gasteiger partial charge on any atom is -0.300 e. The van der Waals surface area contributed by atoms with Crippen LogP contribution in [-0.2, 0) is 4.79 Å². The molecule has 0 aromatic carbocycles. The standard InChI is InChI=1S/C11H16O/c1-3-5-10-6-7-11(12)8-9(10)4-2/h2,9-10H,3,5-8H2,1H3. The van der Waals surface area contributed by atoms with Gasteiger partial charge in [-0.05, 0) is 18.8 Å². The van der Waals surface area contributed by atoms with E-state index in [9.17, 15) is 4.79 Å². The quantitative estimate of drug-likeness (QED) is 0.573. The van der Waals surface area contributed by atoms with Crippen molar-refractivity contribution in [3.8, 4) is 12.3 Å². The minimum absolute atomic E-state index is 0.228. The molecule has 0 radical (unpaired) electrons. The van der Waals surface area contributed by atoms with Crippen molar-refractivity contribution >= 4 is 5.78 Å². The second kappa shape index (κ2) is 4.30. The van der Waals surface area contributed by atoms with E-state index in [4.69, 9.17) is 6.42 Å². The van der Waals surface area contributed by atoms with Gasteiger partial charge in [0.2, 0.25) is 0 Å². The highest BCUT2D eigenvalue weighted by molar-refractivity contribution is 5.79. The topological polar surface area (TPSA) is 17.1 Å². The van der Waals surface area contributed by atoms with E-state index in [2.05, 4.69) is 12.8 Å². The Morgan fingerprint density at radius 1 is 1.67 bits per heavy atom. The number of carbonyl (C=O) groups excluding carboxylic acids is 1. The predicted octanol–water partition coefficient (Wildman–Crippen LogP) is 2.41. The fourth-order valence-electron chi connectivity index (χ4n) is 1.97. The van der Waals surface area contributed by atoms with Crippen LogP contribution in [0.3, 0.4) is 0 Å². The zero-order valence-electron chi connectivity index (χ0n) is 7.68. The van der Waals surface area contributed by atoms with E-state index < -0.39 is 0 Å². The monoisotopic (exact) mass is 164 g/mol. The summed E-state index contributed by atoms with van der Waals surface area (Å²) in [4.78, 5) is 11.1. The van der Waals surface area contributed by atoms with E-state index in [-0.39, 0.29) is 5.92 Å². The Morgan fingerprint density at radius 2 is 2.42 bits per heavy atom. The molecule has 0 saturated heterocycles. The maximum Gasteiger partial charge on any atom is 0.134 e. The van der Waals surface area contributed by atoms with Crippen LogP contribution in [0.5, 0.6) is 0 Å². The van der Waals surface area contributed by atoms with Gasteiger partial charge in [0.05, 0.1) is 0 Å². The Hall–Kier alpha value is -0.770. The second-order valence-electron chi connectivity index (χ2n) is 3.60. The first-order valence-electron chi connectivity index (χ1n) is 4.75. The Balaban J connectivity index is 2.51. The Morgan fingerprint density at radius 3 is 3.00 bits per heavy atom. The van der Waals surface area contributed by atoms with Crippen LogP contribution in [0.1, 0.15) is 39.0 Å². The first-order valence-corrected chi connectivity index (χ1v) is 4.75. The van der Waals surface area contributed by atoms with Gasteiger partial charge in [-0.15, -0.1) is 12.3 Å². The molecule has 1 aliphatic carbocycles. The lowest BCUT2D eigenvalue weighted by Gasteiger charge is -2.26. The fourth-order valence-corrected chi connectivity index (χ4v) is 1.97. The van der Waals surface area contributed by atoms with Crippen LogP contribution in [0.4, 0.5) is 0 Å². The van der Waals surface area contributed by atoms with Gasteiger partial charge < -0.3 is 0 Å². The van der Waals surface area contributed by atoms with Crippen LogP contribution in [0.2, 0.25) is 0 Å². The summed E-state index contributed by atoms with van der Waals surface area (Å²) in [6.45, 7) is 2.17. The number of ketones is 1. The molecule has 1 fully saturated rings. The summed E-state index contributed by atoms with van der Waals surface area (Å²) in [5.41, 5.74) is 0. The van der Waals surface area contributed by atoms with Gasteiger partial charge in [-0.3, -0.25) is 4.79 Å². The second-order valence-corrected chi connectivity index (χ2v) is 3.60. The van der Waals surface area contributed by atoms with Crippen molar-refractivity contribution in [1.82, 2.24) is 0 Å². The number of terminal acetylenes is 1. The van der Waals surface area contributed by atoms with E-state index in [1.807, 2.05) is 0 Å². The number of carbonyl (C=O) groups is 1. The molecule has 0 aromatic rings. The van der Waals surface area contributed by atoms with Crippen LogP contribution in [0, 0.1) is 24.2 Å². The van der Waals surface area contributed by atoms with Gasteiger partial charge in [-0.2, -0.15) is 0 Å². The summed E-state index contributed by atoms with van der Waals surface area (Å²) < 4.78 is 0. The molecule has 1 rings (SSSR count). The fraction of sp³-hybridized carbons (Fsp3) is 0.727. The smallest absolute Gasteiger partial charge is 0.134 e. The maximum absolute atomic E-state index is 11.1. The summed E-state index contributed by atoms with van der Waals surface area (Å²) >= 11 is 0. The van der Waals surface area contributed by atoms with Crippen LogP contribution in [0.25, 0.3) is 0 Å². The molecule has 0 aromatic heterocycles. The summed E-state index contributed by atoms with van der Waals surface area (Å²) in [6.07, 6.45) is 10.1. The van der Waals surface area contributed by atoms with Crippen molar-refractivity contribution in [3.63, 3.8) is 0 Å². The van der Waals surface area contributed by atoms with E-state index in [1.54, 1.807) is 0 Å². The van der Waals surface area contributed by atoms with E-state index >= 15 is 0 Å². The number of hydrogen-bond donors (Lipinski definition) is 0. The average Bonchev–Trinajstić information content (AvgIpc) is 2.08. The highest BCUT2D eigenvalue weighted by Gasteiger charge is 2.26. The first kappa shape index (κ1) is 9.32. The number of rotatable bonds is 2. The van der Waals surface area contributed by atoms with Gasteiger partial charge in [-0.25, -0.2) is 0 Å². The molecule has 1 nitrogen and oxygen atoms in total. The lowest BCUT2D eigenvalue weighted by Crippen LogP contribution is -2.23. The van der Waals surface area contributed by atoms with E-state index in [1.165, 1.54) is 12.8 Å². The minimum atomic E-state index is 0.228. The van der Waals surface area contributed by atoms with Crippen molar-refractivity contribution in [2.24, 2.45) is 11.8 Å². The molecule has 0 heterocycles. The number of hydrogen-bond acceptors (Lipinski definition) is 1. The van der Waals surface area contributed by atoms with Gasteiger partial charge in [0.25, 0.3) is 0 Å². The zero-order chi connectivity index (χ0) is 8.97. The van der Waals surface area contributed by atoms with Gasteiger partial charge in [-0.1, -0.05) is 13.3 Å². The largest absolute Gasteiger partial charge is 0.300 e. The Bertz CT molecular complexity index is 200. The molecule has 0 bridgehead atoms. The third kappa shape index (κ3) is 2.11. The van der Waals surface area contributed by atoms with Gasteiger partial charge in [0, 0.05) is 18.8 Å². The maximum atomic E-state index is 11.1. The highest BCUT2D eigenvalue weighted by Crippen LogP contribution is 2.30. The lowest BCUT2D eigenvalue weighted by molar-refractivity contribution is -0.122. The summed E-state index contributed by atoms with van der Waals surface area (Å²) in [5, 5.41) is 0. The normalized spacial score (nSPS) is 29.8. The van der Waals surface area contributed by atoms with Crippen molar-refractivity contribution in [1.29, 1.82) is 0 Å². The van der Waals surface area contributed by atoms with Crippen molar-refractivity contribution in [3.05, 3.63) is 0 Å². The van der Waals surface area contributed by atoms with Crippen LogP contribution in [0.15, 0.2) is 0 Å². The number of Topliss-reactive ketones (excluding diaryl/α,β-unsaturated/α-hetero) is 1. The molecule has 0 aliphatic heterocycles. The molecule has 0 amide bonds. The zero-order valence-corrected chi connectivity index (χ0v) is 7.68. The van der Waals surface area contributed by atoms with Crippen LogP contribution < -0.4 is 0 Å². The molecule has 0 N–H and O–H groups in total. The first-order chi connectivity index (χ1) is 5.77. The third-order valence-electron chi connectivity index (χ3n) is 2.68. The molecule has 2 atom stereocenters. The summed E-state index contributed by atoms with van der Waals surface area (Å²) in [7, 11) is 0.